The molecule has 0 radical (unpaired) electrons. The molecule has 0 saturated heterocycles. The van der Waals surface area contributed by atoms with Gasteiger partial charge in [0.05, 0.1) is 6.04 Å². The number of halogens is 1. The summed E-state index contributed by atoms with van der Waals surface area (Å²) >= 11 is 0. The fraction of sp³-hybridized carbons (Fsp3) is 0.261. The molecule has 1 N–H and O–H groups in total. The normalized spacial score (nSPS) is 21.7. The predicted octanol–water partition coefficient (Wildman–Crippen LogP) is 4.19. The van der Waals surface area contributed by atoms with Crippen molar-refractivity contribution in [2.75, 3.05) is 0 Å². The number of benzene rings is 2. The van der Waals surface area contributed by atoms with Crippen molar-refractivity contribution < 1.29 is 9.18 Å². The number of hydrogen-bond donors (Lipinski definition) is 1. The highest BCUT2D eigenvalue weighted by atomic mass is 19.1. The molecule has 27 heavy (non-hydrogen) atoms. The zero-order chi connectivity index (χ0) is 18.5. The third-order valence-electron chi connectivity index (χ3n) is 5.88. The molecule has 134 valence electrons. The quantitative estimate of drug-likeness (QED) is 0.685. The Labute approximate surface area is 157 Å². The van der Waals surface area contributed by atoms with Crippen molar-refractivity contribution in [2.45, 2.75) is 31.3 Å². The minimum Gasteiger partial charge on any atom is -0.356 e. The summed E-state index contributed by atoms with van der Waals surface area (Å²) in [5, 5.41) is 1.19. The Morgan fingerprint density at radius 2 is 1.89 bits per heavy atom. The Morgan fingerprint density at radius 1 is 1.15 bits per heavy atom. The molecule has 1 aliphatic heterocycles. The molecule has 2 aliphatic rings. The van der Waals surface area contributed by atoms with E-state index in [1.807, 2.05) is 17.0 Å². The van der Waals surface area contributed by atoms with E-state index in [1.165, 1.54) is 23.1 Å². The van der Waals surface area contributed by atoms with Crippen molar-refractivity contribution in [3.05, 3.63) is 71.2 Å². The van der Waals surface area contributed by atoms with Crippen LogP contribution in [0.1, 0.15) is 35.7 Å². The first kappa shape index (κ1) is 16.1. The van der Waals surface area contributed by atoms with E-state index in [4.69, 9.17) is 6.42 Å². The largest absolute Gasteiger partial charge is 0.356 e. The number of carbonyl (C=O) groups excluding carboxylic acids is 1. The van der Waals surface area contributed by atoms with E-state index < -0.39 is 0 Å². The maximum atomic E-state index is 13.5. The highest BCUT2D eigenvalue weighted by molar-refractivity contribution is 5.95. The van der Waals surface area contributed by atoms with Crippen LogP contribution >= 0.6 is 0 Å². The Bertz CT molecular complexity index is 1070. The smallest absolute Gasteiger partial charge is 0.299 e. The molecule has 1 fully saturated rings. The first-order valence-electron chi connectivity index (χ1n) is 9.31. The standard InChI is InChI=1S/C23H19FN2O/c1-2-21(27)26-20(14-7-8-14)13-18-17-5-3-4-6-19(17)25-22(18)23(26)15-9-11-16(24)12-10-15/h1,3-6,9-12,14,20,23,25H,7-8,13H2/t20?,23-/m0/s1. The first-order valence-corrected chi connectivity index (χ1v) is 9.31. The van der Waals surface area contributed by atoms with Gasteiger partial charge in [0.2, 0.25) is 0 Å². The SMILES string of the molecule is C#CC(=O)N1C(C2CC2)Cc2c([nH]c3ccccc23)[C@@H]1c1ccc(F)cc1. The van der Waals surface area contributed by atoms with Crippen LogP contribution in [0, 0.1) is 24.1 Å². The molecule has 1 aromatic heterocycles. The molecule has 2 atom stereocenters. The van der Waals surface area contributed by atoms with Crippen LogP contribution in [0.4, 0.5) is 4.39 Å². The van der Waals surface area contributed by atoms with Crippen LogP contribution in [0.25, 0.3) is 10.9 Å². The maximum absolute atomic E-state index is 13.5. The number of rotatable bonds is 2. The van der Waals surface area contributed by atoms with Gasteiger partial charge in [-0.05, 0) is 60.4 Å². The summed E-state index contributed by atoms with van der Waals surface area (Å²) in [7, 11) is 0. The van der Waals surface area contributed by atoms with Gasteiger partial charge >= 0.3 is 0 Å². The van der Waals surface area contributed by atoms with Gasteiger partial charge < -0.3 is 9.88 Å². The van der Waals surface area contributed by atoms with Gasteiger partial charge in [-0.15, -0.1) is 6.42 Å². The second-order valence-corrected chi connectivity index (χ2v) is 7.48. The van der Waals surface area contributed by atoms with Crippen LogP contribution in [0.3, 0.4) is 0 Å². The summed E-state index contributed by atoms with van der Waals surface area (Å²) in [6, 6.07) is 14.3. The lowest BCUT2D eigenvalue weighted by Gasteiger charge is -2.41. The van der Waals surface area contributed by atoms with Crippen LogP contribution in [0.2, 0.25) is 0 Å². The van der Waals surface area contributed by atoms with E-state index in [0.29, 0.717) is 5.92 Å². The van der Waals surface area contributed by atoms with Crippen molar-refractivity contribution in [2.24, 2.45) is 5.92 Å². The molecular weight excluding hydrogens is 339 g/mol. The van der Waals surface area contributed by atoms with Crippen LogP contribution < -0.4 is 0 Å². The average Bonchev–Trinajstić information content (AvgIpc) is 3.47. The molecule has 5 rings (SSSR count). The molecule has 0 bridgehead atoms. The molecule has 4 heteroatoms. The third-order valence-corrected chi connectivity index (χ3v) is 5.88. The average molecular weight is 358 g/mol. The van der Waals surface area contributed by atoms with Gasteiger partial charge in [0.1, 0.15) is 5.82 Å². The van der Waals surface area contributed by atoms with Gasteiger partial charge in [0.15, 0.2) is 0 Å². The highest BCUT2D eigenvalue weighted by Gasteiger charge is 2.46. The van der Waals surface area contributed by atoms with Crippen molar-refractivity contribution in [3.8, 4) is 12.3 Å². The number of hydrogen-bond acceptors (Lipinski definition) is 1. The van der Waals surface area contributed by atoms with Crippen LogP contribution in [0.15, 0.2) is 48.5 Å². The number of nitrogens with zero attached hydrogens (tertiary/aromatic N) is 1. The zero-order valence-electron chi connectivity index (χ0n) is 14.8. The molecule has 3 aromatic rings. The molecule has 1 amide bonds. The summed E-state index contributed by atoms with van der Waals surface area (Å²) in [6.07, 6.45) is 8.57. The lowest BCUT2D eigenvalue weighted by Crippen LogP contribution is -2.48. The first-order chi connectivity index (χ1) is 13.2. The Hall–Kier alpha value is -3.06. The maximum Gasteiger partial charge on any atom is 0.299 e. The topological polar surface area (TPSA) is 36.1 Å². The van der Waals surface area contributed by atoms with E-state index >= 15 is 0 Å². The molecule has 1 aliphatic carbocycles. The number of aromatic amines is 1. The Morgan fingerprint density at radius 3 is 2.59 bits per heavy atom. The second kappa shape index (κ2) is 5.99. The number of amides is 1. The van der Waals surface area contributed by atoms with Crippen molar-refractivity contribution in [1.82, 2.24) is 9.88 Å². The lowest BCUT2D eigenvalue weighted by molar-refractivity contribution is -0.130. The van der Waals surface area contributed by atoms with Gasteiger partial charge in [0.25, 0.3) is 5.91 Å². The summed E-state index contributed by atoms with van der Waals surface area (Å²) in [4.78, 5) is 18.1. The Balaban J connectivity index is 1.75. The molecule has 0 spiro atoms. The van der Waals surface area contributed by atoms with E-state index in [2.05, 4.69) is 23.0 Å². The van der Waals surface area contributed by atoms with Crippen LogP contribution in [-0.4, -0.2) is 21.8 Å². The van der Waals surface area contributed by atoms with Gasteiger partial charge in [-0.25, -0.2) is 4.39 Å². The minimum atomic E-state index is -0.323. The lowest BCUT2D eigenvalue weighted by atomic mass is 9.86. The summed E-state index contributed by atoms with van der Waals surface area (Å²) in [5.74, 6) is 2.21. The fourth-order valence-electron chi connectivity index (χ4n) is 4.50. The van der Waals surface area contributed by atoms with Gasteiger partial charge in [0, 0.05) is 22.6 Å². The molecule has 1 saturated carbocycles. The molecule has 3 nitrogen and oxygen atoms in total. The molecular formula is C23H19FN2O. The van der Waals surface area contributed by atoms with Gasteiger partial charge in [-0.1, -0.05) is 30.3 Å². The molecule has 1 unspecified atom stereocenters. The summed E-state index contributed by atoms with van der Waals surface area (Å²) in [5.41, 5.74) is 4.17. The number of nitrogens with one attached hydrogen (secondary N) is 1. The number of fused-ring (bicyclic) bond motifs is 3. The molecule has 2 aromatic carbocycles. The second-order valence-electron chi connectivity index (χ2n) is 7.48. The summed E-state index contributed by atoms with van der Waals surface area (Å²) < 4.78 is 13.5. The van der Waals surface area contributed by atoms with E-state index in [1.54, 1.807) is 12.1 Å². The Kier molecular flexibility index (Phi) is 3.58. The van der Waals surface area contributed by atoms with Crippen molar-refractivity contribution in [1.29, 1.82) is 0 Å². The zero-order valence-corrected chi connectivity index (χ0v) is 14.8. The summed E-state index contributed by atoms with van der Waals surface area (Å²) in [6.45, 7) is 0. The number of H-pyrrole nitrogens is 1. The van der Waals surface area contributed by atoms with Crippen LogP contribution in [0.5, 0.6) is 0 Å². The van der Waals surface area contributed by atoms with E-state index in [-0.39, 0.29) is 23.8 Å². The van der Waals surface area contributed by atoms with E-state index in [0.717, 1.165) is 36.0 Å². The van der Waals surface area contributed by atoms with Gasteiger partial charge in [-0.2, -0.15) is 0 Å². The van der Waals surface area contributed by atoms with Crippen molar-refractivity contribution >= 4 is 16.8 Å². The number of carbonyl (C=O) groups is 1. The predicted molar refractivity (Wildman–Crippen MR) is 102 cm³/mol. The van der Waals surface area contributed by atoms with Gasteiger partial charge in [-0.3, -0.25) is 4.79 Å². The van der Waals surface area contributed by atoms with E-state index in [9.17, 15) is 9.18 Å². The third kappa shape index (κ3) is 2.54. The number of para-hydroxylation sites is 1. The fourth-order valence-corrected chi connectivity index (χ4v) is 4.50. The minimum absolute atomic E-state index is 0.0790. The monoisotopic (exact) mass is 358 g/mol. The number of terminal acetylenes is 1. The number of aromatic nitrogens is 1. The molecule has 2 heterocycles. The van der Waals surface area contributed by atoms with Crippen molar-refractivity contribution in [3.63, 3.8) is 0 Å². The van der Waals surface area contributed by atoms with Crippen LogP contribution in [-0.2, 0) is 11.2 Å². The highest BCUT2D eigenvalue weighted by Crippen LogP contribution is 2.47.